The quantitative estimate of drug-likeness (QED) is 0.766. The Balaban J connectivity index is 2.01. The van der Waals surface area contributed by atoms with E-state index in [-0.39, 0.29) is 18.2 Å². The van der Waals surface area contributed by atoms with Crippen molar-refractivity contribution in [2.75, 3.05) is 6.61 Å². The Morgan fingerprint density at radius 1 is 1.42 bits per heavy atom. The molecule has 0 fully saturated rings. The van der Waals surface area contributed by atoms with Gasteiger partial charge in [0.15, 0.2) is 5.82 Å². The summed E-state index contributed by atoms with van der Waals surface area (Å²) in [5.41, 5.74) is 5.60. The molecule has 0 aliphatic carbocycles. The first kappa shape index (κ1) is 12.2. The molecular weight excluding hydrogens is 269 g/mol. The number of nitrogens with two attached hydrogens (primary N) is 1. The lowest BCUT2D eigenvalue weighted by Gasteiger charge is -1.98. The summed E-state index contributed by atoms with van der Waals surface area (Å²) in [6, 6.07) is 5.74. The Morgan fingerprint density at radius 2 is 2.26 bits per heavy atom. The van der Waals surface area contributed by atoms with Gasteiger partial charge in [0, 0.05) is 4.70 Å². The van der Waals surface area contributed by atoms with E-state index in [0.29, 0.717) is 5.89 Å². The second kappa shape index (κ2) is 4.69. The molecule has 0 aliphatic rings. The molecule has 0 saturated heterocycles. The largest absolute Gasteiger partial charge is 0.394 e. The molecule has 1 aromatic carbocycles. The van der Waals surface area contributed by atoms with Crippen LogP contribution in [0.25, 0.3) is 20.9 Å². The number of aliphatic hydroxyl groups is 1. The van der Waals surface area contributed by atoms with E-state index in [2.05, 4.69) is 10.1 Å². The predicted molar refractivity (Wildman–Crippen MR) is 69.1 cm³/mol. The number of hydrogen-bond acceptors (Lipinski definition) is 6. The number of halogens is 1. The fourth-order valence-corrected chi connectivity index (χ4v) is 2.69. The van der Waals surface area contributed by atoms with Crippen molar-refractivity contribution in [1.82, 2.24) is 10.1 Å². The van der Waals surface area contributed by atoms with E-state index in [0.717, 1.165) is 15.0 Å². The topological polar surface area (TPSA) is 85.2 Å². The Hall–Kier alpha value is -1.83. The molecule has 0 radical (unpaired) electrons. The van der Waals surface area contributed by atoms with Gasteiger partial charge < -0.3 is 15.4 Å². The molecule has 1 atom stereocenters. The van der Waals surface area contributed by atoms with Crippen molar-refractivity contribution in [2.24, 2.45) is 5.73 Å². The standard InChI is InChI=1S/C12H10FN3O2S/c13-7-2-1-6-3-10(19-9(6)4-7)12-15-11(16-18-12)8(14)5-17/h1-4,8,17H,5,14H2. The highest BCUT2D eigenvalue weighted by atomic mass is 32.1. The number of benzene rings is 1. The summed E-state index contributed by atoms with van der Waals surface area (Å²) >= 11 is 1.36. The molecule has 0 bridgehead atoms. The third kappa shape index (κ3) is 2.23. The average molecular weight is 279 g/mol. The molecule has 0 amide bonds. The van der Waals surface area contributed by atoms with Gasteiger partial charge in [-0.15, -0.1) is 11.3 Å². The third-order valence-corrected chi connectivity index (χ3v) is 3.75. The zero-order valence-electron chi connectivity index (χ0n) is 9.71. The molecule has 3 N–H and O–H groups in total. The molecule has 0 spiro atoms. The zero-order chi connectivity index (χ0) is 13.4. The molecular formula is C12H10FN3O2S. The van der Waals surface area contributed by atoms with Crippen molar-refractivity contribution in [3.8, 4) is 10.8 Å². The van der Waals surface area contributed by atoms with Crippen LogP contribution in [0.4, 0.5) is 4.39 Å². The molecule has 19 heavy (non-hydrogen) atoms. The van der Waals surface area contributed by atoms with Crippen LogP contribution in [-0.2, 0) is 0 Å². The van der Waals surface area contributed by atoms with Crippen molar-refractivity contribution < 1.29 is 14.0 Å². The molecule has 0 aliphatic heterocycles. The first-order valence-corrected chi connectivity index (χ1v) is 6.38. The zero-order valence-corrected chi connectivity index (χ0v) is 10.5. The fraction of sp³-hybridized carbons (Fsp3) is 0.167. The van der Waals surface area contributed by atoms with Gasteiger partial charge in [0.1, 0.15) is 5.82 Å². The van der Waals surface area contributed by atoms with Crippen LogP contribution in [0.3, 0.4) is 0 Å². The first-order chi connectivity index (χ1) is 9.17. The minimum absolute atomic E-state index is 0.251. The van der Waals surface area contributed by atoms with Crippen LogP contribution in [-0.4, -0.2) is 21.9 Å². The number of fused-ring (bicyclic) bond motifs is 1. The van der Waals surface area contributed by atoms with E-state index in [1.54, 1.807) is 6.07 Å². The highest BCUT2D eigenvalue weighted by Gasteiger charge is 2.16. The summed E-state index contributed by atoms with van der Waals surface area (Å²) < 4.78 is 19.0. The van der Waals surface area contributed by atoms with Crippen molar-refractivity contribution in [3.05, 3.63) is 35.9 Å². The second-order valence-electron chi connectivity index (χ2n) is 4.04. The third-order valence-electron chi connectivity index (χ3n) is 2.66. The lowest BCUT2D eigenvalue weighted by molar-refractivity contribution is 0.260. The van der Waals surface area contributed by atoms with Gasteiger partial charge in [0.25, 0.3) is 5.89 Å². The molecule has 98 valence electrons. The summed E-state index contributed by atoms with van der Waals surface area (Å²) in [5, 5.41) is 13.5. The van der Waals surface area contributed by atoms with Crippen LogP contribution in [0.5, 0.6) is 0 Å². The summed E-state index contributed by atoms with van der Waals surface area (Å²) in [6.07, 6.45) is 0. The molecule has 7 heteroatoms. The van der Waals surface area contributed by atoms with Gasteiger partial charge in [-0.3, -0.25) is 0 Å². The number of rotatable bonds is 3. The van der Waals surface area contributed by atoms with Gasteiger partial charge in [0.05, 0.1) is 17.5 Å². The maximum atomic E-state index is 13.1. The molecule has 5 nitrogen and oxygen atoms in total. The van der Waals surface area contributed by atoms with Crippen LogP contribution in [0.1, 0.15) is 11.9 Å². The monoisotopic (exact) mass is 279 g/mol. The van der Waals surface area contributed by atoms with Crippen molar-refractivity contribution in [1.29, 1.82) is 0 Å². The van der Waals surface area contributed by atoms with E-state index in [9.17, 15) is 4.39 Å². The molecule has 0 saturated carbocycles. The molecule has 1 unspecified atom stereocenters. The lowest BCUT2D eigenvalue weighted by Crippen LogP contribution is -2.15. The molecule has 2 heterocycles. The van der Waals surface area contributed by atoms with Crippen LogP contribution < -0.4 is 5.73 Å². The van der Waals surface area contributed by atoms with Gasteiger partial charge in [-0.1, -0.05) is 11.2 Å². The van der Waals surface area contributed by atoms with Gasteiger partial charge in [-0.2, -0.15) is 4.98 Å². The molecule has 3 rings (SSSR count). The van der Waals surface area contributed by atoms with E-state index in [1.165, 1.54) is 23.5 Å². The number of thiophene rings is 1. The van der Waals surface area contributed by atoms with Gasteiger partial charge >= 0.3 is 0 Å². The smallest absolute Gasteiger partial charge is 0.268 e. The minimum Gasteiger partial charge on any atom is -0.394 e. The first-order valence-electron chi connectivity index (χ1n) is 5.57. The molecule has 3 aromatic rings. The SMILES string of the molecule is NC(CO)c1noc(-c2cc3ccc(F)cc3s2)n1. The average Bonchev–Trinajstić information content (AvgIpc) is 3.03. The number of aromatic nitrogens is 2. The maximum absolute atomic E-state index is 13.1. The van der Waals surface area contributed by atoms with Gasteiger partial charge in [-0.25, -0.2) is 4.39 Å². The Bertz CT molecular complexity index is 725. The van der Waals surface area contributed by atoms with Crippen molar-refractivity contribution in [3.63, 3.8) is 0 Å². The summed E-state index contributed by atoms with van der Waals surface area (Å²) in [6.45, 7) is -0.253. The number of nitrogens with zero attached hydrogens (tertiary/aromatic N) is 2. The van der Waals surface area contributed by atoms with E-state index in [1.807, 2.05) is 6.07 Å². The fourth-order valence-electron chi connectivity index (χ4n) is 1.68. The lowest BCUT2D eigenvalue weighted by atomic mass is 10.2. The predicted octanol–water partition coefficient (Wildman–Crippen LogP) is 2.08. The van der Waals surface area contributed by atoms with Crippen LogP contribution in [0.2, 0.25) is 0 Å². The Kier molecular flexibility index (Phi) is 3.02. The molecule has 2 aromatic heterocycles. The summed E-state index contributed by atoms with van der Waals surface area (Å²) in [7, 11) is 0. The number of hydrogen-bond donors (Lipinski definition) is 2. The minimum atomic E-state index is -0.663. The van der Waals surface area contributed by atoms with Crippen LogP contribution in [0, 0.1) is 5.82 Å². The van der Waals surface area contributed by atoms with Gasteiger partial charge in [0.2, 0.25) is 0 Å². The second-order valence-corrected chi connectivity index (χ2v) is 5.12. The van der Waals surface area contributed by atoms with E-state index in [4.69, 9.17) is 15.4 Å². The maximum Gasteiger partial charge on any atom is 0.268 e. The Labute approximate surface area is 111 Å². The highest BCUT2D eigenvalue weighted by Crippen LogP contribution is 2.33. The van der Waals surface area contributed by atoms with E-state index >= 15 is 0 Å². The van der Waals surface area contributed by atoms with Crippen molar-refractivity contribution in [2.45, 2.75) is 6.04 Å². The van der Waals surface area contributed by atoms with Crippen LogP contribution in [0.15, 0.2) is 28.8 Å². The van der Waals surface area contributed by atoms with E-state index < -0.39 is 6.04 Å². The summed E-state index contributed by atoms with van der Waals surface area (Å²) in [4.78, 5) is 4.86. The normalized spacial score (nSPS) is 13.0. The highest BCUT2D eigenvalue weighted by molar-refractivity contribution is 7.22. The Morgan fingerprint density at radius 3 is 3.05 bits per heavy atom. The van der Waals surface area contributed by atoms with Crippen LogP contribution >= 0.6 is 11.3 Å². The number of aliphatic hydroxyl groups excluding tert-OH is 1. The van der Waals surface area contributed by atoms with Gasteiger partial charge in [-0.05, 0) is 23.6 Å². The van der Waals surface area contributed by atoms with Crippen molar-refractivity contribution >= 4 is 21.4 Å². The summed E-state index contributed by atoms with van der Waals surface area (Å²) in [5.74, 6) is 0.288.